The molecular formula is C28H25N3O4S. The summed E-state index contributed by atoms with van der Waals surface area (Å²) in [5, 5.41) is 16.6. The van der Waals surface area contributed by atoms with E-state index < -0.39 is 11.9 Å². The molecule has 7 nitrogen and oxygen atoms in total. The minimum Gasteiger partial charge on any atom is -0.468 e. The van der Waals surface area contributed by atoms with E-state index in [9.17, 15) is 14.9 Å². The SMILES string of the molecule is CC1=C(C(=O)OCc2ccccc2)C(c2ccco2)C(C#N)=C(SCC(=O)Nc2ccc(C)cc2)N1. The summed E-state index contributed by atoms with van der Waals surface area (Å²) in [5.74, 6) is -0.981. The predicted octanol–water partition coefficient (Wildman–Crippen LogP) is 5.40. The van der Waals surface area contributed by atoms with Gasteiger partial charge in [-0.3, -0.25) is 4.79 Å². The number of carbonyl (C=O) groups is 2. The smallest absolute Gasteiger partial charge is 0.337 e. The van der Waals surface area contributed by atoms with Gasteiger partial charge in [0.25, 0.3) is 0 Å². The molecule has 1 amide bonds. The fourth-order valence-electron chi connectivity index (χ4n) is 3.81. The number of hydrogen-bond acceptors (Lipinski definition) is 7. The van der Waals surface area contributed by atoms with Crippen LogP contribution in [0.4, 0.5) is 5.69 Å². The number of nitriles is 1. The fourth-order valence-corrected chi connectivity index (χ4v) is 4.70. The Kier molecular flexibility index (Phi) is 7.93. The highest BCUT2D eigenvalue weighted by molar-refractivity contribution is 8.03. The van der Waals surface area contributed by atoms with E-state index in [4.69, 9.17) is 9.15 Å². The molecule has 1 aromatic heterocycles. The highest BCUT2D eigenvalue weighted by Crippen LogP contribution is 2.41. The van der Waals surface area contributed by atoms with Gasteiger partial charge in [0.05, 0.1) is 40.2 Å². The molecule has 36 heavy (non-hydrogen) atoms. The number of esters is 1. The number of furan rings is 1. The molecule has 0 saturated carbocycles. The first-order chi connectivity index (χ1) is 17.5. The van der Waals surface area contributed by atoms with E-state index in [0.717, 1.165) is 11.1 Å². The van der Waals surface area contributed by atoms with Crippen molar-refractivity contribution < 1.29 is 18.7 Å². The number of rotatable bonds is 8. The van der Waals surface area contributed by atoms with E-state index in [1.807, 2.05) is 61.5 Å². The lowest BCUT2D eigenvalue weighted by Gasteiger charge is -2.28. The number of dihydropyridines is 1. The van der Waals surface area contributed by atoms with Gasteiger partial charge < -0.3 is 19.8 Å². The molecule has 4 rings (SSSR count). The fraction of sp³-hybridized carbons (Fsp3) is 0.179. The van der Waals surface area contributed by atoms with Gasteiger partial charge in [0.2, 0.25) is 5.91 Å². The van der Waals surface area contributed by atoms with Gasteiger partial charge in [-0.05, 0) is 43.7 Å². The summed E-state index contributed by atoms with van der Waals surface area (Å²) in [6.45, 7) is 3.83. The molecule has 1 aliphatic rings. The number of hydrogen-bond donors (Lipinski definition) is 2. The van der Waals surface area contributed by atoms with Gasteiger partial charge in [-0.15, -0.1) is 0 Å². The average molecular weight is 500 g/mol. The number of nitrogens with one attached hydrogen (secondary N) is 2. The number of allylic oxidation sites excluding steroid dienone is 2. The second-order valence-electron chi connectivity index (χ2n) is 8.23. The second kappa shape index (κ2) is 11.5. The van der Waals surface area contributed by atoms with Crippen molar-refractivity contribution in [3.05, 3.63) is 112 Å². The third-order valence-electron chi connectivity index (χ3n) is 5.59. The van der Waals surface area contributed by atoms with Crippen molar-refractivity contribution in [3.8, 4) is 6.07 Å². The Morgan fingerprint density at radius 1 is 1.08 bits per heavy atom. The minimum atomic E-state index is -0.753. The molecular weight excluding hydrogens is 474 g/mol. The van der Waals surface area contributed by atoms with Crippen molar-refractivity contribution in [2.75, 3.05) is 11.1 Å². The van der Waals surface area contributed by atoms with E-state index in [-0.39, 0.29) is 23.8 Å². The Labute approximate surface area is 213 Å². The van der Waals surface area contributed by atoms with Gasteiger partial charge in [-0.25, -0.2) is 4.79 Å². The zero-order valence-corrected chi connectivity index (χ0v) is 20.7. The van der Waals surface area contributed by atoms with Crippen LogP contribution >= 0.6 is 11.8 Å². The summed E-state index contributed by atoms with van der Waals surface area (Å²) >= 11 is 1.20. The summed E-state index contributed by atoms with van der Waals surface area (Å²) in [6.07, 6.45) is 1.50. The summed E-state index contributed by atoms with van der Waals surface area (Å²) in [5.41, 5.74) is 3.78. The standard InChI is InChI=1S/C28H25N3O4S/c1-18-10-12-21(13-11-18)31-24(32)17-36-27-22(15-29)26(23-9-6-14-34-23)25(19(2)30-27)28(33)35-16-20-7-4-3-5-8-20/h3-14,26,30H,16-17H2,1-2H3,(H,31,32). The highest BCUT2D eigenvalue weighted by Gasteiger charge is 2.37. The van der Waals surface area contributed by atoms with Crippen LogP contribution in [-0.2, 0) is 20.9 Å². The number of carbonyl (C=O) groups excluding carboxylic acids is 2. The number of benzene rings is 2. The Hall–Kier alpha value is -4.22. The number of anilines is 1. The zero-order chi connectivity index (χ0) is 25.5. The van der Waals surface area contributed by atoms with Crippen LogP contribution in [0.25, 0.3) is 0 Å². The molecule has 182 valence electrons. The van der Waals surface area contributed by atoms with E-state index in [0.29, 0.717) is 27.7 Å². The van der Waals surface area contributed by atoms with Crippen LogP contribution in [0.5, 0.6) is 0 Å². The van der Waals surface area contributed by atoms with Crippen molar-refractivity contribution in [2.24, 2.45) is 0 Å². The summed E-state index contributed by atoms with van der Waals surface area (Å²) in [7, 11) is 0. The lowest BCUT2D eigenvalue weighted by Crippen LogP contribution is -2.29. The number of aryl methyl sites for hydroxylation is 1. The zero-order valence-electron chi connectivity index (χ0n) is 19.9. The second-order valence-corrected chi connectivity index (χ2v) is 9.22. The molecule has 1 unspecified atom stereocenters. The Balaban J connectivity index is 1.53. The van der Waals surface area contributed by atoms with Crippen molar-refractivity contribution in [3.63, 3.8) is 0 Å². The summed E-state index contributed by atoms with van der Waals surface area (Å²) in [6, 6.07) is 22.5. The molecule has 0 fully saturated rings. The minimum absolute atomic E-state index is 0.0767. The molecule has 8 heteroatoms. The highest BCUT2D eigenvalue weighted by atomic mass is 32.2. The molecule has 1 aliphatic heterocycles. The molecule has 1 atom stereocenters. The molecule has 0 aliphatic carbocycles. The van der Waals surface area contributed by atoms with E-state index in [1.165, 1.54) is 18.0 Å². The van der Waals surface area contributed by atoms with Crippen molar-refractivity contribution in [1.29, 1.82) is 5.26 Å². The summed E-state index contributed by atoms with van der Waals surface area (Å²) in [4.78, 5) is 25.7. The van der Waals surface area contributed by atoms with Crippen molar-refractivity contribution in [2.45, 2.75) is 26.4 Å². The third-order valence-corrected chi connectivity index (χ3v) is 6.61. The molecule has 3 aromatic rings. The Morgan fingerprint density at radius 3 is 2.50 bits per heavy atom. The first-order valence-electron chi connectivity index (χ1n) is 11.3. The Bertz CT molecular complexity index is 1340. The maximum Gasteiger partial charge on any atom is 0.337 e. The van der Waals surface area contributed by atoms with E-state index >= 15 is 0 Å². The normalized spacial score (nSPS) is 15.2. The van der Waals surface area contributed by atoms with Crippen molar-refractivity contribution in [1.82, 2.24) is 5.32 Å². The lowest BCUT2D eigenvalue weighted by molar-refractivity contribution is -0.140. The van der Waals surface area contributed by atoms with Gasteiger partial charge in [0.1, 0.15) is 12.4 Å². The van der Waals surface area contributed by atoms with Crippen LogP contribution in [0.1, 0.15) is 29.7 Å². The van der Waals surface area contributed by atoms with Crippen LogP contribution in [0.3, 0.4) is 0 Å². The monoisotopic (exact) mass is 499 g/mol. The van der Waals surface area contributed by atoms with E-state index in [1.54, 1.807) is 19.1 Å². The number of nitrogens with zero attached hydrogens (tertiary/aromatic N) is 1. The van der Waals surface area contributed by atoms with Gasteiger partial charge in [0, 0.05) is 11.4 Å². The number of thioether (sulfide) groups is 1. The van der Waals surface area contributed by atoms with Crippen LogP contribution in [0, 0.1) is 18.3 Å². The molecule has 0 radical (unpaired) electrons. The summed E-state index contributed by atoms with van der Waals surface area (Å²) < 4.78 is 11.2. The number of amides is 1. The molecule has 0 saturated heterocycles. The average Bonchev–Trinajstić information content (AvgIpc) is 3.42. The maximum absolute atomic E-state index is 13.2. The molecule has 2 N–H and O–H groups in total. The van der Waals surface area contributed by atoms with Gasteiger partial charge in [-0.2, -0.15) is 5.26 Å². The third kappa shape index (κ3) is 5.88. The topological polar surface area (TPSA) is 104 Å². The van der Waals surface area contributed by atoms with Gasteiger partial charge in [-0.1, -0.05) is 59.8 Å². The van der Waals surface area contributed by atoms with Crippen LogP contribution in [0.2, 0.25) is 0 Å². The van der Waals surface area contributed by atoms with Crippen molar-refractivity contribution >= 4 is 29.3 Å². The van der Waals surface area contributed by atoms with Gasteiger partial charge >= 0.3 is 5.97 Å². The Morgan fingerprint density at radius 2 is 1.83 bits per heavy atom. The van der Waals surface area contributed by atoms with Crippen LogP contribution in [-0.4, -0.2) is 17.6 Å². The quantitative estimate of drug-likeness (QED) is 0.400. The predicted molar refractivity (Wildman–Crippen MR) is 138 cm³/mol. The first-order valence-corrected chi connectivity index (χ1v) is 12.3. The van der Waals surface area contributed by atoms with E-state index in [2.05, 4.69) is 16.7 Å². The largest absolute Gasteiger partial charge is 0.468 e. The first kappa shape index (κ1) is 24.9. The van der Waals surface area contributed by atoms with Crippen LogP contribution in [0.15, 0.2) is 99.3 Å². The molecule has 2 aromatic carbocycles. The van der Waals surface area contributed by atoms with Crippen LogP contribution < -0.4 is 10.6 Å². The molecule has 0 spiro atoms. The van der Waals surface area contributed by atoms with Gasteiger partial charge in [0.15, 0.2) is 0 Å². The lowest BCUT2D eigenvalue weighted by atomic mass is 9.86. The maximum atomic E-state index is 13.2. The molecule has 0 bridgehead atoms. The molecule has 2 heterocycles. The number of ether oxygens (including phenoxy) is 1.